The Kier molecular flexibility index (Phi) is 3.32. The van der Waals surface area contributed by atoms with E-state index in [0.29, 0.717) is 17.1 Å². The first-order chi connectivity index (χ1) is 11.6. The number of rotatable bonds is 2. The van der Waals surface area contributed by atoms with E-state index in [4.69, 9.17) is 14.2 Å². The van der Waals surface area contributed by atoms with E-state index in [1.54, 1.807) is 24.3 Å². The average Bonchev–Trinajstić information content (AvgIpc) is 3.09. The monoisotopic (exact) mass is 323 g/mol. The van der Waals surface area contributed by atoms with E-state index in [0.717, 1.165) is 11.1 Å². The van der Waals surface area contributed by atoms with Gasteiger partial charge < -0.3 is 19.3 Å². The predicted molar refractivity (Wildman–Crippen MR) is 85.5 cm³/mol. The molecule has 2 aliphatic heterocycles. The molecule has 6 heteroatoms. The zero-order valence-electron chi connectivity index (χ0n) is 12.7. The quantitative estimate of drug-likeness (QED) is 0.678. The summed E-state index contributed by atoms with van der Waals surface area (Å²) in [5.74, 6) is 0.629. The molecular weight excluding hydrogens is 310 g/mol. The molecule has 2 aromatic carbocycles. The van der Waals surface area contributed by atoms with Gasteiger partial charge >= 0.3 is 12.4 Å². The third-order valence-electron chi connectivity index (χ3n) is 3.61. The molecule has 24 heavy (non-hydrogen) atoms. The highest BCUT2D eigenvalue weighted by molar-refractivity contribution is 6.12. The van der Waals surface area contributed by atoms with Gasteiger partial charge in [0.2, 0.25) is 5.90 Å². The highest BCUT2D eigenvalue weighted by atomic mass is 16.8. The summed E-state index contributed by atoms with van der Waals surface area (Å²) >= 11 is 0. The minimum absolute atomic E-state index is 0.200. The number of ether oxygens (including phenoxy) is 3. The molecule has 4 rings (SSSR count). The normalized spacial score (nSPS) is 20.2. The number of aliphatic imine (C=N–C) groups is 1. The second kappa shape index (κ2) is 5.50. The number of esters is 1. The third-order valence-corrected chi connectivity index (χ3v) is 3.61. The van der Waals surface area contributed by atoms with Crippen LogP contribution < -0.4 is 9.47 Å². The molecule has 1 atom stereocenters. The van der Waals surface area contributed by atoms with Crippen LogP contribution in [-0.4, -0.2) is 23.4 Å². The van der Waals surface area contributed by atoms with Crippen molar-refractivity contribution in [3.63, 3.8) is 0 Å². The maximum absolute atomic E-state index is 12.0. The fourth-order valence-corrected chi connectivity index (χ4v) is 2.51. The van der Waals surface area contributed by atoms with Gasteiger partial charge in [-0.1, -0.05) is 23.8 Å². The van der Waals surface area contributed by atoms with Crippen LogP contribution in [-0.2, 0) is 9.53 Å². The number of aliphatic hydroxyl groups excluding tert-OH is 1. The molecular formula is C18H13NO5. The summed E-state index contributed by atoms with van der Waals surface area (Å²) in [5.41, 5.74) is 2.69. The second-order valence-electron chi connectivity index (χ2n) is 5.45. The van der Waals surface area contributed by atoms with E-state index in [-0.39, 0.29) is 11.6 Å². The fourth-order valence-electron chi connectivity index (χ4n) is 2.51. The number of aryl methyl sites for hydroxylation is 1. The lowest BCUT2D eigenvalue weighted by atomic mass is 10.1. The first-order valence-electron chi connectivity index (χ1n) is 7.33. The minimum atomic E-state index is -1.30. The summed E-state index contributed by atoms with van der Waals surface area (Å²) in [6.45, 7) is 0.656. The van der Waals surface area contributed by atoms with Crippen molar-refractivity contribution >= 4 is 17.9 Å². The fraction of sp³-hybridized carbons (Fsp3) is 0.111. The second-order valence-corrected chi connectivity index (χ2v) is 5.45. The molecule has 0 aromatic heterocycles. The lowest BCUT2D eigenvalue weighted by molar-refractivity contribution is -0.133. The van der Waals surface area contributed by atoms with Gasteiger partial charge in [-0.25, -0.2) is 9.79 Å². The SMILES string of the molecule is Cc1cccc(C2=N/C(=C\c3ccc4c(c3)O[C@@H](O)O4)C(=O)O2)c1. The highest BCUT2D eigenvalue weighted by Crippen LogP contribution is 2.35. The van der Waals surface area contributed by atoms with Gasteiger partial charge in [-0.15, -0.1) is 0 Å². The summed E-state index contributed by atoms with van der Waals surface area (Å²) in [5, 5.41) is 9.30. The van der Waals surface area contributed by atoms with Crippen LogP contribution in [0.4, 0.5) is 0 Å². The average molecular weight is 323 g/mol. The Morgan fingerprint density at radius 2 is 1.96 bits per heavy atom. The summed E-state index contributed by atoms with van der Waals surface area (Å²) in [6.07, 6.45) is 1.60. The standard InChI is InChI=1S/C18H13NO5/c1-10-3-2-4-12(7-10)16-19-13(17(20)24-16)8-11-5-6-14-15(9-11)23-18(21)22-14/h2-9,18,21H,1H3/b13-8-/t18-/m0/s1. The van der Waals surface area contributed by atoms with Gasteiger partial charge in [0.25, 0.3) is 0 Å². The number of hydrogen-bond acceptors (Lipinski definition) is 6. The van der Waals surface area contributed by atoms with Crippen LogP contribution in [0.15, 0.2) is 53.2 Å². The highest BCUT2D eigenvalue weighted by Gasteiger charge is 2.25. The Morgan fingerprint density at radius 3 is 2.79 bits per heavy atom. The molecule has 6 nitrogen and oxygen atoms in total. The van der Waals surface area contributed by atoms with Crippen LogP contribution >= 0.6 is 0 Å². The van der Waals surface area contributed by atoms with Crippen molar-refractivity contribution in [2.45, 2.75) is 13.4 Å². The zero-order chi connectivity index (χ0) is 16.7. The number of benzene rings is 2. The molecule has 0 bridgehead atoms. The van der Waals surface area contributed by atoms with Gasteiger partial charge in [0.05, 0.1) is 0 Å². The van der Waals surface area contributed by atoms with Crippen molar-refractivity contribution in [1.29, 1.82) is 0 Å². The third kappa shape index (κ3) is 2.63. The van der Waals surface area contributed by atoms with E-state index in [2.05, 4.69) is 4.99 Å². The van der Waals surface area contributed by atoms with Crippen molar-refractivity contribution in [3.8, 4) is 11.5 Å². The Labute approximate surface area is 137 Å². The molecule has 2 heterocycles. The number of hydrogen-bond donors (Lipinski definition) is 1. The lowest BCUT2D eigenvalue weighted by Crippen LogP contribution is -2.15. The van der Waals surface area contributed by atoms with Crippen molar-refractivity contribution in [1.82, 2.24) is 0 Å². The maximum atomic E-state index is 12.0. The number of cyclic esters (lactones) is 1. The Balaban J connectivity index is 1.65. The zero-order valence-corrected chi connectivity index (χ0v) is 12.7. The Bertz CT molecular complexity index is 900. The minimum Gasteiger partial charge on any atom is -0.428 e. The predicted octanol–water partition coefficient (Wildman–Crippen LogP) is 2.39. The number of fused-ring (bicyclic) bond motifs is 1. The Morgan fingerprint density at radius 1 is 1.12 bits per heavy atom. The maximum Gasteiger partial charge on any atom is 0.363 e. The van der Waals surface area contributed by atoms with Gasteiger partial charge in [0.15, 0.2) is 17.2 Å². The molecule has 0 saturated carbocycles. The summed E-state index contributed by atoms with van der Waals surface area (Å²) < 4.78 is 15.4. The number of carbonyl (C=O) groups excluding carboxylic acids is 1. The van der Waals surface area contributed by atoms with Gasteiger partial charge in [-0.3, -0.25) is 0 Å². The largest absolute Gasteiger partial charge is 0.428 e. The van der Waals surface area contributed by atoms with Gasteiger partial charge in [0.1, 0.15) is 0 Å². The van der Waals surface area contributed by atoms with Crippen LogP contribution in [0.25, 0.3) is 6.08 Å². The summed E-state index contributed by atoms with van der Waals surface area (Å²) in [6, 6.07) is 12.6. The van der Waals surface area contributed by atoms with Crippen molar-refractivity contribution in [3.05, 3.63) is 64.9 Å². The van der Waals surface area contributed by atoms with Crippen molar-refractivity contribution in [2.24, 2.45) is 4.99 Å². The van der Waals surface area contributed by atoms with Gasteiger partial charge in [-0.2, -0.15) is 0 Å². The molecule has 120 valence electrons. The van der Waals surface area contributed by atoms with Crippen LogP contribution in [0.1, 0.15) is 16.7 Å². The molecule has 2 aromatic rings. The first kappa shape index (κ1) is 14.5. The molecule has 0 aliphatic carbocycles. The van der Waals surface area contributed by atoms with Crippen LogP contribution in [0.3, 0.4) is 0 Å². The smallest absolute Gasteiger partial charge is 0.363 e. The van der Waals surface area contributed by atoms with E-state index in [1.807, 2.05) is 31.2 Å². The molecule has 0 spiro atoms. The molecule has 0 fully saturated rings. The molecule has 1 N–H and O–H groups in total. The first-order valence-corrected chi connectivity index (χ1v) is 7.33. The van der Waals surface area contributed by atoms with Gasteiger partial charge in [-0.05, 0) is 42.8 Å². The van der Waals surface area contributed by atoms with Gasteiger partial charge in [0, 0.05) is 5.56 Å². The lowest BCUT2D eigenvalue weighted by Gasteiger charge is -1.99. The number of aliphatic hydroxyl groups is 1. The van der Waals surface area contributed by atoms with Crippen LogP contribution in [0.2, 0.25) is 0 Å². The van der Waals surface area contributed by atoms with Crippen molar-refractivity contribution in [2.75, 3.05) is 0 Å². The van der Waals surface area contributed by atoms with E-state index in [9.17, 15) is 9.90 Å². The van der Waals surface area contributed by atoms with E-state index >= 15 is 0 Å². The molecule has 0 saturated heterocycles. The molecule has 2 aliphatic rings. The van der Waals surface area contributed by atoms with Crippen LogP contribution in [0, 0.1) is 6.92 Å². The number of carbonyl (C=O) groups is 1. The molecule has 0 radical (unpaired) electrons. The topological polar surface area (TPSA) is 77.4 Å². The van der Waals surface area contributed by atoms with Crippen molar-refractivity contribution < 1.29 is 24.1 Å². The molecule has 0 amide bonds. The summed E-state index contributed by atoms with van der Waals surface area (Å²) in [4.78, 5) is 16.3. The number of nitrogens with zero attached hydrogens (tertiary/aromatic N) is 1. The van der Waals surface area contributed by atoms with E-state index in [1.165, 1.54) is 0 Å². The molecule has 0 unspecified atom stereocenters. The van der Waals surface area contributed by atoms with Crippen LogP contribution in [0.5, 0.6) is 11.5 Å². The summed E-state index contributed by atoms with van der Waals surface area (Å²) in [7, 11) is 0. The Hall–Kier alpha value is -3.12. The van der Waals surface area contributed by atoms with E-state index < -0.39 is 12.4 Å².